The first-order chi connectivity index (χ1) is 29.8. The third-order valence-corrected chi connectivity index (χ3v) is 18.5. The van der Waals surface area contributed by atoms with Crippen LogP contribution in [0.3, 0.4) is 0 Å². The topological polar surface area (TPSA) is 133 Å². The maximum Gasteiger partial charge on any atom is 0.207 e. The number of rotatable bonds is 12. The first-order valence-electron chi connectivity index (χ1n) is 21.9. The fraction of sp³-hybridized carbons (Fsp3) is 0.521. The Morgan fingerprint density at radius 1 is 0.794 bits per heavy atom. The summed E-state index contributed by atoms with van der Waals surface area (Å²) >= 11 is 7.00. The molecule has 0 radical (unpaired) electrons. The summed E-state index contributed by atoms with van der Waals surface area (Å²) in [5.41, 5.74) is 2.89. The number of hydrogen-bond acceptors (Lipinski definition) is 11. The van der Waals surface area contributed by atoms with Crippen LogP contribution in [0.1, 0.15) is 83.8 Å². The lowest BCUT2D eigenvalue weighted by Gasteiger charge is -2.37. The number of ether oxygens (including phenoxy) is 7. The lowest BCUT2D eigenvalue weighted by Crippen LogP contribution is -2.44. The molecule has 2 aromatic heterocycles. The van der Waals surface area contributed by atoms with Gasteiger partial charge in [-0.3, -0.25) is 9.98 Å². The van der Waals surface area contributed by atoms with Crippen molar-refractivity contribution in [2.45, 2.75) is 133 Å². The van der Waals surface area contributed by atoms with Crippen molar-refractivity contribution in [1.29, 1.82) is 5.41 Å². The second-order valence-corrected chi connectivity index (χ2v) is 24.9. The predicted molar refractivity (Wildman–Crippen MR) is 240 cm³/mol. The quantitative estimate of drug-likeness (QED) is 0.0736. The third-order valence-electron chi connectivity index (χ3n) is 13.7. The summed E-state index contributed by atoms with van der Waals surface area (Å²) in [5.74, 6) is -1.07. The van der Waals surface area contributed by atoms with Crippen LogP contribution in [0, 0.1) is 11.3 Å². The zero-order chi connectivity index (χ0) is 44.7. The monoisotopic (exact) mass is 897 g/mol. The fourth-order valence-electron chi connectivity index (χ4n) is 9.61. The van der Waals surface area contributed by atoms with Crippen LogP contribution in [0.2, 0.25) is 23.4 Å². The van der Waals surface area contributed by atoms with Gasteiger partial charge in [0.05, 0.1) is 38.8 Å². The van der Waals surface area contributed by atoms with Gasteiger partial charge < -0.3 is 42.2 Å². The molecule has 1 saturated carbocycles. The first kappa shape index (κ1) is 44.2. The highest BCUT2D eigenvalue weighted by atomic mass is 35.5. The number of fused-ring (bicyclic) bond motifs is 3. The molecule has 5 heterocycles. The maximum atomic E-state index is 9.65. The molecule has 63 heavy (non-hydrogen) atoms. The fourth-order valence-corrected chi connectivity index (χ4v) is 10.9. The molecule has 15 heteroatoms. The normalized spacial score (nSPS) is 27.8. The van der Waals surface area contributed by atoms with Crippen LogP contribution in [0.25, 0.3) is 11.2 Å². The highest BCUT2D eigenvalue weighted by Crippen LogP contribution is 2.50. The number of halogens is 1. The molecule has 3 aliphatic heterocycles. The molecule has 5 aromatic rings. The van der Waals surface area contributed by atoms with Crippen LogP contribution in [-0.2, 0) is 38.4 Å². The summed E-state index contributed by atoms with van der Waals surface area (Å²) < 4.78 is 56.1. The van der Waals surface area contributed by atoms with E-state index in [4.69, 9.17) is 59.2 Å². The van der Waals surface area contributed by atoms with E-state index in [1.165, 1.54) is 0 Å². The molecule has 4 aliphatic rings. The van der Waals surface area contributed by atoms with Crippen LogP contribution in [0.4, 0.5) is 0 Å². The summed E-state index contributed by atoms with van der Waals surface area (Å²) in [6.07, 6.45) is -0.482. The molecule has 0 unspecified atom stereocenters. The second-order valence-electron chi connectivity index (χ2n) is 19.7. The van der Waals surface area contributed by atoms with Crippen molar-refractivity contribution >= 4 is 31.1 Å². The molecular weight excluding hydrogens is 838 g/mol. The SMILES string of the molecule is COc1ccc(C(OC[C@H]2C[C@@H](n3cnc4c(nc(Cl)n4[C@@H]4O[C@H](CO[Si](C)(C)C(C)(C)C)[C@H]5OC(C)(C)O[C@H]54)c3=N)[C@@H]3OC(C)(C)O[C@H]23)(c2ccccc2)c2ccccc2)cc1. The van der Waals surface area contributed by atoms with Gasteiger partial charge in [0.15, 0.2) is 42.8 Å². The molecule has 9 rings (SSSR count). The molecule has 0 spiro atoms. The van der Waals surface area contributed by atoms with Crippen molar-refractivity contribution < 1.29 is 37.6 Å². The number of methoxy groups -OCH3 is 1. The summed E-state index contributed by atoms with van der Waals surface area (Å²) in [6, 6.07) is 28.4. The Kier molecular flexibility index (Phi) is 11.4. The molecule has 13 nitrogen and oxygen atoms in total. The zero-order valence-electron chi connectivity index (χ0n) is 37.8. The largest absolute Gasteiger partial charge is 0.497 e. The van der Waals surface area contributed by atoms with E-state index in [1.54, 1.807) is 18.0 Å². The average molecular weight is 899 g/mol. The van der Waals surface area contributed by atoms with Gasteiger partial charge in [-0.05, 0) is 92.7 Å². The van der Waals surface area contributed by atoms with E-state index in [9.17, 15) is 5.41 Å². The third kappa shape index (κ3) is 7.88. The number of benzene rings is 3. The summed E-state index contributed by atoms with van der Waals surface area (Å²) in [7, 11) is -0.436. The predicted octanol–water partition coefficient (Wildman–Crippen LogP) is 8.90. The van der Waals surface area contributed by atoms with E-state index in [1.807, 2.05) is 80.8 Å². The van der Waals surface area contributed by atoms with Gasteiger partial charge in [-0.2, -0.15) is 0 Å². The number of nitrogens with one attached hydrogen (secondary N) is 1. The molecule has 1 aliphatic carbocycles. The molecule has 3 saturated heterocycles. The summed E-state index contributed by atoms with van der Waals surface area (Å²) in [5, 5.41) is 9.82. The second kappa shape index (κ2) is 16.2. The number of aromatic nitrogens is 4. The standard InChI is InChI=1S/C48H60ClN5O8Si/c1-45(2,3)63(9,10)57-27-35-39-40(62-47(6,7)61-39)43(58-35)54-42-36(52-44(54)49)41(50)53(28-51-42)34-25-29(37-38(34)60-46(4,5)59-37)26-56-48(30-17-13-11-14-18-30,31-19-15-12-16-20-31)32-21-23-33(55-8)24-22-32/h11-24,28-29,34-35,37-40,43,50H,25-27H2,1-10H3/t29-,34-,35-,37-,38+,39-,40-,43-/m1/s1. The van der Waals surface area contributed by atoms with Crippen molar-refractivity contribution in [2.75, 3.05) is 20.3 Å². The van der Waals surface area contributed by atoms with Crippen molar-refractivity contribution in [1.82, 2.24) is 19.1 Å². The zero-order valence-corrected chi connectivity index (χ0v) is 39.6. The molecule has 1 N–H and O–H groups in total. The lowest BCUT2D eigenvalue weighted by molar-refractivity contribution is -0.199. The minimum atomic E-state index is -2.10. The molecule has 0 bridgehead atoms. The molecule has 8 atom stereocenters. The van der Waals surface area contributed by atoms with Crippen LogP contribution >= 0.6 is 11.6 Å². The van der Waals surface area contributed by atoms with E-state index in [2.05, 4.69) is 70.3 Å². The Morgan fingerprint density at radius 2 is 1.37 bits per heavy atom. The lowest BCUT2D eigenvalue weighted by atomic mass is 9.80. The van der Waals surface area contributed by atoms with E-state index >= 15 is 0 Å². The van der Waals surface area contributed by atoms with Crippen LogP contribution < -0.4 is 10.2 Å². The Balaban J connectivity index is 1.04. The van der Waals surface area contributed by atoms with Gasteiger partial charge >= 0.3 is 0 Å². The van der Waals surface area contributed by atoms with Gasteiger partial charge in [0.25, 0.3) is 0 Å². The van der Waals surface area contributed by atoms with E-state index in [0.29, 0.717) is 30.8 Å². The van der Waals surface area contributed by atoms with E-state index < -0.39 is 56.1 Å². The Morgan fingerprint density at radius 3 is 1.97 bits per heavy atom. The van der Waals surface area contributed by atoms with Crippen molar-refractivity contribution in [3.8, 4) is 5.75 Å². The van der Waals surface area contributed by atoms with Crippen LogP contribution in [0.5, 0.6) is 5.75 Å². The number of hydrogen-bond donors (Lipinski definition) is 1. The van der Waals surface area contributed by atoms with Crippen LogP contribution in [0.15, 0.2) is 91.3 Å². The minimum Gasteiger partial charge on any atom is -0.497 e. The van der Waals surface area contributed by atoms with Gasteiger partial charge in [-0.1, -0.05) is 93.6 Å². The van der Waals surface area contributed by atoms with E-state index in [0.717, 1.165) is 22.4 Å². The molecule has 4 fully saturated rings. The van der Waals surface area contributed by atoms with Crippen molar-refractivity contribution in [3.63, 3.8) is 0 Å². The minimum absolute atomic E-state index is 0.0222. The highest BCUT2D eigenvalue weighted by molar-refractivity contribution is 6.74. The van der Waals surface area contributed by atoms with Crippen molar-refractivity contribution in [2.24, 2.45) is 5.92 Å². The van der Waals surface area contributed by atoms with Gasteiger partial charge in [0, 0.05) is 5.92 Å². The Labute approximate surface area is 375 Å². The van der Waals surface area contributed by atoms with E-state index in [-0.39, 0.29) is 33.9 Å². The molecular formula is C48H60ClN5O8Si. The Hall–Kier alpha value is -3.96. The number of imidazole rings is 1. The molecule has 3 aromatic carbocycles. The molecule has 0 amide bonds. The van der Waals surface area contributed by atoms with Gasteiger partial charge in [-0.15, -0.1) is 0 Å². The first-order valence-corrected chi connectivity index (χ1v) is 25.2. The van der Waals surface area contributed by atoms with Crippen LogP contribution in [-0.4, -0.2) is 89.8 Å². The van der Waals surface area contributed by atoms with Crippen molar-refractivity contribution in [3.05, 3.63) is 119 Å². The van der Waals surface area contributed by atoms with Gasteiger partial charge in [0.2, 0.25) is 5.28 Å². The summed E-state index contributed by atoms with van der Waals surface area (Å²) in [4.78, 5) is 9.71. The number of nitrogens with zero attached hydrogens (tertiary/aromatic N) is 4. The maximum absolute atomic E-state index is 9.65. The summed E-state index contributed by atoms with van der Waals surface area (Å²) in [6.45, 7) is 19.4. The average Bonchev–Trinajstić information content (AvgIpc) is 4.02. The Bertz CT molecular complexity index is 2450. The van der Waals surface area contributed by atoms with Gasteiger partial charge in [-0.25, -0.2) is 9.97 Å². The highest BCUT2D eigenvalue weighted by Gasteiger charge is 2.58. The molecule has 336 valence electrons. The van der Waals surface area contributed by atoms with Gasteiger partial charge in [0.1, 0.15) is 35.8 Å². The smallest absolute Gasteiger partial charge is 0.207 e.